The van der Waals surface area contributed by atoms with Gasteiger partial charge in [0.2, 0.25) is 0 Å². The van der Waals surface area contributed by atoms with E-state index in [0.717, 1.165) is 12.8 Å². The van der Waals surface area contributed by atoms with Gasteiger partial charge in [0.05, 0.1) is 22.2 Å². The van der Waals surface area contributed by atoms with Gasteiger partial charge in [0.25, 0.3) is 0 Å². The lowest BCUT2D eigenvalue weighted by molar-refractivity contribution is 0.0499. The zero-order valence-corrected chi connectivity index (χ0v) is 14.6. The van der Waals surface area contributed by atoms with Gasteiger partial charge >= 0.3 is 11.9 Å². The number of carbonyl (C=O) groups is 2. The van der Waals surface area contributed by atoms with Crippen LogP contribution in [-0.4, -0.2) is 18.5 Å². The topological polar surface area (TPSA) is 52.6 Å². The second-order valence-corrected chi connectivity index (χ2v) is 5.89. The van der Waals surface area contributed by atoms with Crippen LogP contribution in [0.3, 0.4) is 0 Å². The highest BCUT2D eigenvalue weighted by atomic mass is 79.9. The molecule has 0 atom stereocenters. The number of benzene rings is 2. The molecule has 0 radical (unpaired) electrons. The lowest BCUT2D eigenvalue weighted by Gasteiger charge is -2.08. The van der Waals surface area contributed by atoms with Gasteiger partial charge in [-0.1, -0.05) is 19.4 Å². The number of rotatable bonds is 6. The normalized spacial score (nSPS) is 10.3. The van der Waals surface area contributed by atoms with Crippen LogP contribution < -0.4 is 4.74 Å². The minimum absolute atomic E-state index is 0.192. The Kier molecular flexibility index (Phi) is 6.49. The minimum Gasteiger partial charge on any atom is -0.462 e. The van der Waals surface area contributed by atoms with E-state index in [0.29, 0.717) is 11.1 Å². The molecule has 0 N–H and O–H groups in total. The fourth-order valence-corrected chi connectivity index (χ4v) is 2.31. The van der Waals surface area contributed by atoms with Crippen molar-refractivity contribution in [1.82, 2.24) is 0 Å². The van der Waals surface area contributed by atoms with E-state index in [-0.39, 0.29) is 16.9 Å². The Bertz CT molecular complexity index is 746. The first kappa shape index (κ1) is 18.1. The van der Waals surface area contributed by atoms with E-state index in [9.17, 15) is 14.0 Å². The molecule has 126 valence electrons. The average Bonchev–Trinajstić information content (AvgIpc) is 2.57. The van der Waals surface area contributed by atoms with E-state index in [1.807, 2.05) is 6.92 Å². The average molecular weight is 395 g/mol. The van der Waals surface area contributed by atoms with Crippen LogP contribution in [0.15, 0.2) is 46.9 Å². The molecule has 2 aromatic rings. The molecule has 0 fully saturated rings. The molecule has 0 aliphatic rings. The molecule has 2 rings (SSSR count). The minimum atomic E-state index is -0.648. The van der Waals surface area contributed by atoms with Gasteiger partial charge in [0, 0.05) is 0 Å². The van der Waals surface area contributed by atoms with Gasteiger partial charge in [-0.2, -0.15) is 0 Å². The van der Waals surface area contributed by atoms with Crippen molar-refractivity contribution in [2.75, 3.05) is 6.61 Å². The maximum Gasteiger partial charge on any atom is 0.343 e. The number of hydrogen-bond acceptors (Lipinski definition) is 4. The van der Waals surface area contributed by atoms with Crippen molar-refractivity contribution in [3.63, 3.8) is 0 Å². The molecule has 0 heterocycles. The predicted octanol–water partition coefficient (Wildman–Crippen LogP) is 4.76. The fraction of sp³-hybridized carbons (Fsp3) is 0.222. The van der Waals surface area contributed by atoms with Gasteiger partial charge in [-0.05, 0) is 58.7 Å². The molecule has 2 aromatic carbocycles. The molecule has 0 saturated heterocycles. The summed E-state index contributed by atoms with van der Waals surface area (Å²) in [5, 5.41) is 0. The Morgan fingerprint density at radius 3 is 2.46 bits per heavy atom. The SMILES string of the molecule is CCCCOC(=O)c1cccc(C(=O)Oc2ccc(F)cc2Br)c1. The molecule has 0 aromatic heterocycles. The molecule has 4 nitrogen and oxygen atoms in total. The van der Waals surface area contributed by atoms with Crippen molar-refractivity contribution >= 4 is 27.9 Å². The van der Waals surface area contributed by atoms with Crippen molar-refractivity contribution in [3.8, 4) is 5.75 Å². The molecule has 0 aliphatic carbocycles. The molecule has 0 spiro atoms. The van der Waals surface area contributed by atoms with E-state index in [1.165, 1.54) is 30.3 Å². The molecule has 0 unspecified atom stereocenters. The first-order valence-corrected chi connectivity index (χ1v) is 8.25. The van der Waals surface area contributed by atoms with Gasteiger partial charge in [0.1, 0.15) is 11.6 Å². The summed E-state index contributed by atoms with van der Waals surface area (Å²) >= 11 is 3.13. The van der Waals surface area contributed by atoms with Crippen molar-refractivity contribution in [1.29, 1.82) is 0 Å². The fourth-order valence-electron chi connectivity index (χ4n) is 1.88. The Morgan fingerprint density at radius 1 is 1.08 bits per heavy atom. The molecule has 0 saturated carbocycles. The summed E-state index contributed by atoms with van der Waals surface area (Å²) in [6, 6.07) is 9.82. The second-order valence-electron chi connectivity index (χ2n) is 5.03. The summed E-state index contributed by atoms with van der Waals surface area (Å²) in [6.45, 7) is 2.34. The Balaban J connectivity index is 2.09. The third-order valence-electron chi connectivity index (χ3n) is 3.16. The van der Waals surface area contributed by atoms with Crippen molar-refractivity contribution < 1.29 is 23.5 Å². The third-order valence-corrected chi connectivity index (χ3v) is 3.78. The van der Waals surface area contributed by atoms with Crippen LogP contribution in [0.2, 0.25) is 0 Å². The second kappa shape index (κ2) is 8.59. The van der Waals surface area contributed by atoms with Gasteiger partial charge < -0.3 is 9.47 Å². The Hall–Kier alpha value is -2.21. The summed E-state index contributed by atoms with van der Waals surface area (Å²) in [5.41, 5.74) is 0.481. The summed E-state index contributed by atoms with van der Waals surface area (Å²) in [4.78, 5) is 24.1. The first-order chi connectivity index (χ1) is 11.5. The van der Waals surface area contributed by atoms with Crippen LogP contribution >= 0.6 is 15.9 Å². The molecule has 24 heavy (non-hydrogen) atoms. The molecule has 0 bridgehead atoms. The summed E-state index contributed by atoms with van der Waals surface area (Å²) in [5.74, 6) is -1.39. The first-order valence-electron chi connectivity index (χ1n) is 7.45. The highest BCUT2D eigenvalue weighted by Gasteiger charge is 2.14. The summed E-state index contributed by atoms with van der Waals surface area (Å²) in [7, 11) is 0. The van der Waals surface area contributed by atoms with Gasteiger partial charge in [0.15, 0.2) is 0 Å². The smallest absolute Gasteiger partial charge is 0.343 e. The number of unbranched alkanes of at least 4 members (excludes halogenated alkanes) is 1. The van der Waals surface area contributed by atoms with Crippen LogP contribution in [0.5, 0.6) is 5.75 Å². The van der Waals surface area contributed by atoms with Crippen LogP contribution in [-0.2, 0) is 4.74 Å². The van der Waals surface area contributed by atoms with Crippen LogP contribution in [0.1, 0.15) is 40.5 Å². The molecular formula is C18H16BrFO4. The quantitative estimate of drug-likeness (QED) is 0.402. The van der Waals surface area contributed by atoms with Crippen LogP contribution in [0.25, 0.3) is 0 Å². The summed E-state index contributed by atoms with van der Waals surface area (Å²) in [6.07, 6.45) is 1.71. The van der Waals surface area contributed by atoms with E-state index in [1.54, 1.807) is 12.1 Å². The monoisotopic (exact) mass is 394 g/mol. The van der Waals surface area contributed by atoms with E-state index in [2.05, 4.69) is 15.9 Å². The highest BCUT2D eigenvalue weighted by Crippen LogP contribution is 2.26. The zero-order valence-electron chi connectivity index (χ0n) is 13.1. The number of halogens is 2. The highest BCUT2D eigenvalue weighted by molar-refractivity contribution is 9.10. The lowest BCUT2D eigenvalue weighted by atomic mass is 10.1. The predicted molar refractivity (Wildman–Crippen MR) is 90.7 cm³/mol. The van der Waals surface area contributed by atoms with E-state index in [4.69, 9.17) is 9.47 Å². The van der Waals surface area contributed by atoms with Crippen molar-refractivity contribution in [2.45, 2.75) is 19.8 Å². The Morgan fingerprint density at radius 2 is 1.79 bits per heavy atom. The molecule has 6 heteroatoms. The largest absolute Gasteiger partial charge is 0.462 e. The van der Waals surface area contributed by atoms with Crippen molar-refractivity contribution in [3.05, 3.63) is 63.9 Å². The standard InChI is InChI=1S/C18H16BrFO4/c1-2-3-9-23-17(21)12-5-4-6-13(10-12)18(22)24-16-8-7-14(20)11-15(16)19/h4-8,10-11H,2-3,9H2,1H3. The zero-order chi connectivity index (χ0) is 17.5. The molecule has 0 aliphatic heterocycles. The summed E-state index contributed by atoms with van der Waals surface area (Å²) < 4.78 is 23.7. The van der Waals surface area contributed by atoms with E-state index < -0.39 is 17.8 Å². The van der Waals surface area contributed by atoms with Gasteiger partial charge in [-0.3, -0.25) is 0 Å². The van der Waals surface area contributed by atoms with E-state index >= 15 is 0 Å². The third kappa shape index (κ3) is 4.89. The van der Waals surface area contributed by atoms with Gasteiger partial charge in [-0.25, -0.2) is 14.0 Å². The maximum absolute atomic E-state index is 13.1. The number of hydrogen-bond donors (Lipinski definition) is 0. The Labute approximate surface area is 147 Å². The number of ether oxygens (including phenoxy) is 2. The van der Waals surface area contributed by atoms with Crippen LogP contribution in [0, 0.1) is 5.82 Å². The number of carbonyl (C=O) groups excluding carboxylic acids is 2. The molecular weight excluding hydrogens is 379 g/mol. The number of esters is 2. The van der Waals surface area contributed by atoms with Gasteiger partial charge in [-0.15, -0.1) is 0 Å². The van der Waals surface area contributed by atoms with Crippen LogP contribution in [0.4, 0.5) is 4.39 Å². The van der Waals surface area contributed by atoms with Crippen molar-refractivity contribution in [2.24, 2.45) is 0 Å². The maximum atomic E-state index is 13.1. The lowest BCUT2D eigenvalue weighted by Crippen LogP contribution is -2.11. The molecule has 0 amide bonds.